The highest BCUT2D eigenvalue weighted by Gasteiger charge is 2.26. The molecular formula is C14H21N3O. The maximum atomic E-state index is 11.8. The van der Waals surface area contributed by atoms with Crippen molar-refractivity contribution in [1.29, 1.82) is 0 Å². The molecule has 0 saturated carbocycles. The van der Waals surface area contributed by atoms with Gasteiger partial charge in [-0.15, -0.1) is 0 Å². The van der Waals surface area contributed by atoms with Gasteiger partial charge in [-0.1, -0.05) is 13.0 Å². The molecule has 0 aliphatic heterocycles. The molecule has 1 aliphatic carbocycles. The van der Waals surface area contributed by atoms with E-state index in [4.69, 9.17) is 0 Å². The van der Waals surface area contributed by atoms with E-state index in [9.17, 15) is 4.79 Å². The van der Waals surface area contributed by atoms with Crippen LogP contribution >= 0.6 is 0 Å². The van der Waals surface area contributed by atoms with Crippen molar-refractivity contribution in [3.05, 3.63) is 29.6 Å². The third-order valence-electron chi connectivity index (χ3n) is 3.35. The van der Waals surface area contributed by atoms with Crippen LogP contribution in [0.5, 0.6) is 0 Å². The van der Waals surface area contributed by atoms with Crippen molar-refractivity contribution in [3.63, 3.8) is 0 Å². The number of nitrogens with zero attached hydrogens (tertiary/aromatic N) is 1. The van der Waals surface area contributed by atoms with E-state index in [1.165, 1.54) is 5.56 Å². The van der Waals surface area contributed by atoms with Crippen LogP contribution in [0.4, 0.5) is 0 Å². The molecule has 2 N–H and O–H groups in total. The Bertz CT molecular complexity index is 419. The van der Waals surface area contributed by atoms with Gasteiger partial charge in [-0.2, -0.15) is 0 Å². The van der Waals surface area contributed by atoms with Crippen LogP contribution in [0.1, 0.15) is 44.0 Å². The highest BCUT2D eigenvalue weighted by atomic mass is 16.2. The minimum atomic E-state index is -0.172. The quantitative estimate of drug-likeness (QED) is 0.830. The first-order valence-corrected chi connectivity index (χ1v) is 6.70. The second-order valence-corrected chi connectivity index (χ2v) is 4.82. The summed E-state index contributed by atoms with van der Waals surface area (Å²) in [5.41, 5.74) is 2.41. The largest absolute Gasteiger partial charge is 0.355 e. The van der Waals surface area contributed by atoms with Crippen molar-refractivity contribution >= 4 is 5.91 Å². The summed E-state index contributed by atoms with van der Waals surface area (Å²) in [7, 11) is 0. The van der Waals surface area contributed by atoms with Crippen molar-refractivity contribution in [2.24, 2.45) is 0 Å². The van der Waals surface area contributed by atoms with Gasteiger partial charge in [0.25, 0.3) is 0 Å². The van der Waals surface area contributed by atoms with Gasteiger partial charge < -0.3 is 5.32 Å². The fourth-order valence-corrected chi connectivity index (χ4v) is 2.35. The molecule has 18 heavy (non-hydrogen) atoms. The molecule has 2 rings (SSSR count). The van der Waals surface area contributed by atoms with Crippen LogP contribution < -0.4 is 10.6 Å². The number of carbonyl (C=O) groups is 1. The van der Waals surface area contributed by atoms with E-state index in [1.54, 1.807) is 0 Å². The molecule has 4 heteroatoms. The smallest absolute Gasteiger partial charge is 0.236 e. The number of pyridine rings is 1. The number of carbonyl (C=O) groups excluding carboxylic acids is 1. The maximum absolute atomic E-state index is 11.8. The fourth-order valence-electron chi connectivity index (χ4n) is 2.35. The molecule has 1 aliphatic rings. The molecular weight excluding hydrogens is 226 g/mol. The Morgan fingerprint density at radius 2 is 2.44 bits per heavy atom. The van der Waals surface area contributed by atoms with Crippen LogP contribution in [0.25, 0.3) is 0 Å². The second kappa shape index (κ2) is 5.96. The van der Waals surface area contributed by atoms with Crippen LogP contribution in [0, 0.1) is 0 Å². The first kappa shape index (κ1) is 13.0. The average molecular weight is 247 g/mol. The Morgan fingerprint density at radius 1 is 1.61 bits per heavy atom. The highest BCUT2D eigenvalue weighted by molar-refractivity contribution is 5.81. The van der Waals surface area contributed by atoms with E-state index in [1.807, 2.05) is 19.2 Å². The summed E-state index contributed by atoms with van der Waals surface area (Å²) in [6, 6.07) is 4.13. The molecule has 2 unspecified atom stereocenters. The van der Waals surface area contributed by atoms with E-state index in [0.29, 0.717) is 0 Å². The van der Waals surface area contributed by atoms with Crippen LogP contribution in [0.3, 0.4) is 0 Å². The molecule has 2 atom stereocenters. The monoisotopic (exact) mass is 247 g/mol. The average Bonchev–Trinajstić information content (AvgIpc) is 2.79. The van der Waals surface area contributed by atoms with Gasteiger partial charge in [-0.25, -0.2) is 0 Å². The van der Waals surface area contributed by atoms with Crippen LogP contribution in [0.15, 0.2) is 18.3 Å². The molecule has 0 radical (unpaired) electrons. The van der Waals surface area contributed by atoms with Gasteiger partial charge in [-0.3, -0.25) is 15.1 Å². The standard InChI is InChI=1S/C14H21N3O/c1-3-8-16-14(18)10(2)17-12-7-6-11-5-4-9-15-13(11)12/h4-5,9-10,12,17H,3,6-8H2,1-2H3,(H,16,18). The van der Waals surface area contributed by atoms with Crippen molar-refractivity contribution in [1.82, 2.24) is 15.6 Å². The number of aryl methyl sites for hydroxylation is 1. The zero-order valence-corrected chi connectivity index (χ0v) is 11.1. The molecule has 1 aromatic heterocycles. The minimum Gasteiger partial charge on any atom is -0.355 e. The van der Waals surface area contributed by atoms with Crippen LogP contribution in [0.2, 0.25) is 0 Å². The topological polar surface area (TPSA) is 54.0 Å². The molecule has 0 saturated heterocycles. The Kier molecular flexibility index (Phi) is 4.31. The van der Waals surface area contributed by atoms with E-state index in [2.05, 4.69) is 28.6 Å². The first-order chi connectivity index (χ1) is 8.72. The molecule has 98 valence electrons. The zero-order valence-electron chi connectivity index (χ0n) is 11.1. The summed E-state index contributed by atoms with van der Waals surface area (Å²) < 4.78 is 0. The van der Waals surface area contributed by atoms with Crippen molar-refractivity contribution < 1.29 is 4.79 Å². The predicted molar refractivity (Wildman–Crippen MR) is 71.2 cm³/mol. The van der Waals surface area contributed by atoms with Gasteiger partial charge in [-0.05, 0) is 37.8 Å². The molecule has 0 fully saturated rings. The molecule has 0 spiro atoms. The van der Waals surface area contributed by atoms with Gasteiger partial charge in [0, 0.05) is 12.7 Å². The second-order valence-electron chi connectivity index (χ2n) is 4.82. The van der Waals surface area contributed by atoms with Crippen molar-refractivity contribution in [3.8, 4) is 0 Å². The SMILES string of the molecule is CCCNC(=O)C(C)NC1CCc2cccnc21. The Balaban J connectivity index is 1.93. The van der Waals surface area contributed by atoms with Gasteiger partial charge in [0.1, 0.15) is 0 Å². The van der Waals surface area contributed by atoms with Gasteiger partial charge in [0.15, 0.2) is 0 Å². The molecule has 1 amide bonds. The highest BCUT2D eigenvalue weighted by Crippen LogP contribution is 2.29. The summed E-state index contributed by atoms with van der Waals surface area (Å²) in [4.78, 5) is 16.2. The Hall–Kier alpha value is -1.42. The summed E-state index contributed by atoms with van der Waals surface area (Å²) in [6.07, 6.45) is 4.86. The number of hydrogen-bond acceptors (Lipinski definition) is 3. The summed E-state index contributed by atoms with van der Waals surface area (Å²) >= 11 is 0. The third-order valence-corrected chi connectivity index (χ3v) is 3.35. The lowest BCUT2D eigenvalue weighted by Crippen LogP contribution is -2.43. The number of amides is 1. The molecule has 0 bridgehead atoms. The first-order valence-electron chi connectivity index (χ1n) is 6.70. The summed E-state index contributed by atoms with van der Waals surface area (Å²) in [5, 5.41) is 6.28. The van der Waals surface area contributed by atoms with E-state index in [-0.39, 0.29) is 18.0 Å². The lowest BCUT2D eigenvalue weighted by Gasteiger charge is -2.19. The number of rotatable bonds is 5. The molecule has 4 nitrogen and oxygen atoms in total. The summed E-state index contributed by atoms with van der Waals surface area (Å²) in [5.74, 6) is 0.0706. The molecule has 0 aromatic carbocycles. The molecule has 1 heterocycles. The number of hydrogen-bond donors (Lipinski definition) is 2. The minimum absolute atomic E-state index is 0.0706. The zero-order chi connectivity index (χ0) is 13.0. The summed E-state index contributed by atoms with van der Waals surface area (Å²) in [6.45, 7) is 4.70. The fraction of sp³-hybridized carbons (Fsp3) is 0.571. The molecule has 1 aromatic rings. The van der Waals surface area contributed by atoms with Crippen LogP contribution in [-0.4, -0.2) is 23.5 Å². The van der Waals surface area contributed by atoms with Crippen LogP contribution in [-0.2, 0) is 11.2 Å². The number of fused-ring (bicyclic) bond motifs is 1. The lowest BCUT2D eigenvalue weighted by atomic mass is 10.2. The van der Waals surface area contributed by atoms with Gasteiger partial charge >= 0.3 is 0 Å². The Labute approximate surface area is 108 Å². The van der Waals surface area contributed by atoms with Gasteiger partial charge in [0.2, 0.25) is 5.91 Å². The van der Waals surface area contributed by atoms with E-state index in [0.717, 1.165) is 31.5 Å². The Morgan fingerprint density at radius 3 is 3.22 bits per heavy atom. The third kappa shape index (κ3) is 2.88. The maximum Gasteiger partial charge on any atom is 0.236 e. The number of nitrogens with one attached hydrogen (secondary N) is 2. The van der Waals surface area contributed by atoms with Crippen molar-refractivity contribution in [2.45, 2.75) is 45.2 Å². The lowest BCUT2D eigenvalue weighted by molar-refractivity contribution is -0.122. The number of aromatic nitrogens is 1. The van der Waals surface area contributed by atoms with Gasteiger partial charge in [0.05, 0.1) is 17.8 Å². The van der Waals surface area contributed by atoms with Crippen molar-refractivity contribution in [2.75, 3.05) is 6.54 Å². The predicted octanol–water partition coefficient (Wildman–Crippen LogP) is 1.57. The normalized spacial score (nSPS) is 19.3. The van der Waals surface area contributed by atoms with E-state index >= 15 is 0 Å². The van der Waals surface area contributed by atoms with E-state index < -0.39 is 0 Å².